The van der Waals surface area contributed by atoms with Crippen LogP contribution in [0.2, 0.25) is 5.02 Å². The summed E-state index contributed by atoms with van der Waals surface area (Å²) >= 11 is 6.68. The molecule has 2 fully saturated rings. The van der Waals surface area contributed by atoms with Crippen molar-refractivity contribution in [1.82, 2.24) is 0 Å². The molecule has 0 aromatic heterocycles. The van der Waals surface area contributed by atoms with E-state index in [1.807, 2.05) is 19.1 Å². The molecule has 2 saturated heterocycles. The highest BCUT2D eigenvalue weighted by Gasteiger charge is 2.71. The zero-order valence-corrected chi connectivity index (χ0v) is 27.1. The minimum absolute atomic E-state index is 0.123. The Kier molecular flexibility index (Phi) is 12.4. The molecule has 5 atom stereocenters. The van der Waals surface area contributed by atoms with Gasteiger partial charge < -0.3 is 34.2 Å². The maximum absolute atomic E-state index is 14.7. The molecule has 0 spiro atoms. The SMILES string of the molecule is CCCCO[C@@H]1[C@@H](OCCCC)[C@@]2(c3ccc(Cl)c(Cc4ccc(OCC)c(F)c4)c3)OC[C@](C(N)=O)(O2)[C@H]1OCCCC. The Balaban J connectivity index is 1.78. The van der Waals surface area contributed by atoms with E-state index >= 15 is 0 Å². The van der Waals surface area contributed by atoms with Crippen LogP contribution < -0.4 is 10.5 Å². The molecule has 8 nitrogen and oxygen atoms in total. The minimum atomic E-state index is -1.59. The van der Waals surface area contributed by atoms with Crippen LogP contribution >= 0.6 is 11.6 Å². The van der Waals surface area contributed by atoms with Gasteiger partial charge in [0.1, 0.15) is 18.3 Å². The Bertz CT molecular complexity index is 1250. The number of carbonyl (C=O) groups is 1. The summed E-state index contributed by atoms with van der Waals surface area (Å²) in [7, 11) is 0. The second kappa shape index (κ2) is 15.8. The highest BCUT2D eigenvalue weighted by molar-refractivity contribution is 6.31. The third kappa shape index (κ3) is 7.24. The zero-order chi connectivity index (χ0) is 31.7. The fourth-order valence-corrected chi connectivity index (χ4v) is 5.97. The quantitative estimate of drug-likeness (QED) is 0.188. The van der Waals surface area contributed by atoms with Crippen molar-refractivity contribution in [3.63, 3.8) is 0 Å². The maximum Gasteiger partial charge on any atom is 0.255 e. The fraction of sp³-hybridized carbons (Fsp3) is 0.618. The Morgan fingerprint density at radius 1 is 0.955 bits per heavy atom. The Morgan fingerprint density at radius 3 is 2.23 bits per heavy atom. The molecule has 0 aliphatic carbocycles. The van der Waals surface area contributed by atoms with Crippen molar-refractivity contribution < 1.29 is 37.6 Å². The standard InChI is InChI=1S/C34H47ClFNO7/c1-5-9-16-40-29-30(41-17-10-6-2)33(32(37)38)22-43-34(44-33,31(29)42-18-11-7-3)25-13-14-26(35)24(21-25)19-23-12-15-28(39-8-4)27(36)20-23/h12-15,20-21,29-31H,5-11,16-19,22H2,1-4H3,(H2,37,38)/t29-,30-,31+,33-,34-/m0/s1. The van der Waals surface area contributed by atoms with E-state index in [1.54, 1.807) is 18.2 Å². The fourth-order valence-electron chi connectivity index (χ4n) is 5.79. The van der Waals surface area contributed by atoms with Gasteiger partial charge in [-0.2, -0.15) is 0 Å². The normalized spacial score (nSPS) is 26.2. The van der Waals surface area contributed by atoms with Crippen LogP contribution in [0.4, 0.5) is 4.39 Å². The summed E-state index contributed by atoms with van der Waals surface area (Å²) in [6.07, 6.45) is 3.25. The van der Waals surface area contributed by atoms with Crippen molar-refractivity contribution in [3.8, 4) is 5.75 Å². The summed E-state index contributed by atoms with van der Waals surface area (Å²) in [4.78, 5) is 13.2. The molecule has 2 heterocycles. The first kappa shape index (κ1) is 34.6. The minimum Gasteiger partial charge on any atom is -0.491 e. The molecule has 0 radical (unpaired) electrons. The summed E-state index contributed by atoms with van der Waals surface area (Å²) in [5, 5.41) is 0.495. The van der Waals surface area contributed by atoms with Gasteiger partial charge in [0, 0.05) is 30.4 Å². The van der Waals surface area contributed by atoms with E-state index in [1.165, 1.54) is 6.07 Å². The first-order chi connectivity index (χ1) is 21.3. The van der Waals surface area contributed by atoms with Gasteiger partial charge in [-0.25, -0.2) is 4.39 Å². The van der Waals surface area contributed by atoms with Gasteiger partial charge in [0.25, 0.3) is 5.91 Å². The molecule has 2 N–H and O–H groups in total. The van der Waals surface area contributed by atoms with Gasteiger partial charge in [0.15, 0.2) is 11.6 Å². The van der Waals surface area contributed by atoms with Crippen molar-refractivity contribution >= 4 is 17.5 Å². The van der Waals surface area contributed by atoms with Crippen molar-refractivity contribution in [2.75, 3.05) is 33.0 Å². The second-order valence-electron chi connectivity index (χ2n) is 11.5. The molecule has 1 amide bonds. The van der Waals surface area contributed by atoms with Crippen molar-refractivity contribution in [3.05, 3.63) is 63.9 Å². The molecule has 244 valence electrons. The van der Waals surface area contributed by atoms with Crippen LogP contribution in [0.5, 0.6) is 5.75 Å². The van der Waals surface area contributed by atoms with Crippen LogP contribution in [0.15, 0.2) is 36.4 Å². The molecular weight excluding hydrogens is 589 g/mol. The molecule has 2 aliphatic rings. The average Bonchev–Trinajstić information content (AvgIpc) is 3.38. The molecule has 4 rings (SSSR count). The number of hydrogen-bond donors (Lipinski definition) is 1. The van der Waals surface area contributed by atoms with E-state index in [2.05, 4.69) is 20.8 Å². The number of primary amides is 1. The number of amides is 1. The number of halogens is 2. The van der Waals surface area contributed by atoms with Crippen molar-refractivity contribution in [2.45, 2.75) is 102 Å². The predicted octanol–water partition coefficient (Wildman–Crippen LogP) is 6.46. The summed E-state index contributed by atoms with van der Waals surface area (Å²) < 4.78 is 52.7. The number of ether oxygens (including phenoxy) is 6. The highest BCUT2D eigenvalue weighted by Crippen LogP contribution is 2.53. The molecule has 0 unspecified atom stereocenters. The topological polar surface area (TPSA) is 98.5 Å². The van der Waals surface area contributed by atoms with Crippen LogP contribution in [0.3, 0.4) is 0 Å². The molecule has 2 bridgehead atoms. The number of rotatable bonds is 18. The Morgan fingerprint density at radius 2 is 1.61 bits per heavy atom. The maximum atomic E-state index is 14.7. The summed E-state index contributed by atoms with van der Waals surface area (Å²) in [6.45, 7) is 9.58. The summed E-state index contributed by atoms with van der Waals surface area (Å²) in [6, 6.07) is 10.3. The van der Waals surface area contributed by atoms with E-state index < -0.39 is 41.4 Å². The molecule has 0 saturated carbocycles. The van der Waals surface area contributed by atoms with Gasteiger partial charge in [-0.3, -0.25) is 4.79 Å². The summed E-state index contributed by atoms with van der Waals surface area (Å²) in [5.41, 5.74) is 6.52. The lowest BCUT2D eigenvalue weighted by Gasteiger charge is -2.50. The number of benzene rings is 2. The summed E-state index contributed by atoms with van der Waals surface area (Å²) in [5.74, 6) is -2.45. The number of fused-ring (bicyclic) bond motifs is 2. The average molecular weight is 636 g/mol. The molecule has 10 heteroatoms. The van der Waals surface area contributed by atoms with E-state index in [4.69, 9.17) is 45.8 Å². The monoisotopic (exact) mass is 635 g/mol. The predicted molar refractivity (Wildman–Crippen MR) is 166 cm³/mol. The lowest BCUT2D eigenvalue weighted by atomic mass is 9.82. The highest BCUT2D eigenvalue weighted by atomic mass is 35.5. The van der Waals surface area contributed by atoms with Gasteiger partial charge in [-0.15, -0.1) is 0 Å². The van der Waals surface area contributed by atoms with E-state index in [0.717, 1.165) is 44.1 Å². The van der Waals surface area contributed by atoms with Crippen molar-refractivity contribution in [2.24, 2.45) is 5.73 Å². The van der Waals surface area contributed by atoms with Gasteiger partial charge in [-0.1, -0.05) is 63.8 Å². The van der Waals surface area contributed by atoms with E-state index in [0.29, 0.717) is 49.0 Å². The zero-order valence-electron chi connectivity index (χ0n) is 26.4. The van der Waals surface area contributed by atoms with Gasteiger partial charge >= 0.3 is 0 Å². The van der Waals surface area contributed by atoms with Gasteiger partial charge in [0.05, 0.1) is 13.2 Å². The second-order valence-corrected chi connectivity index (χ2v) is 11.9. The van der Waals surface area contributed by atoms with Crippen LogP contribution in [0, 0.1) is 5.82 Å². The van der Waals surface area contributed by atoms with E-state index in [-0.39, 0.29) is 12.4 Å². The molecular formula is C34H47ClFNO7. The smallest absolute Gasteiger partial charge is 0.255 e. The molecule has 2 aliphatic heterocycles. The number of unbranched alkanes of at least 4 members (excludes halogenated alkanes) is 3. The molecule has 2 aromatic carbocycles. The number of carbonyl (C=O) groups excluding carboxylic acids is 1. The Labute approximate surface area is 265 Å². The van der Waals surface area contributed by atoms with Crippen molar-refractivity contribution in [1.29, 1.82) is 0 Å². The first-order valence-corrected chi connectivity index (χ1v) is 16.3. The molecule has 44 heavy (non-hydrogen) atoms. The lowest BCUT2D eigenvalue weighted by molar-refractivity contribution is -0.338. The first-order valence-electron chi connectivity index (χ1n) is 15.9. The lowest BCUT2D eigenvalue weighted by Crippen LogP contribution is -2.70. The third-order valence-electron chi connectivity index (χ3n) is 8.22. The van der Waals surface area contributed by atoms with Crippen LogP contribution in [-0.4, -0.2) is 62.9 Å². The van der Waals surface area contributed by atoms with Crippen LogP contribution in [0.25, 0.3) is 0 Å². The van der Waals surface area contributed by atoms with Gasteiger partial charge in [0.2, 0.25) is 11.4 Å². The van der Waals surface area contributed by atoms with Crippen LogP contribution in [0.1, 0.15) is 82.9 Å². The van der Waals surface area contributed by atoms with Gasteiger partial charge in [-0.05, 0) is 68.0 Å². The largest absolute Gasteiger partial charge is 0.491 e. The third-order valence-corrected chi connectivity index (χ3v) is 8.59. The van der Waals surface area contributed by atoms with Crippen LogP contribution in [-0.2, 0) is 40.7 Å². The number of nitrogens with two attached hydrogens (primary N) is 1. The molecule has 2 aromatic rings. The van der Waals surface area contributed by atoms with E-state index in [9.17, 15) is 9.18 Å². The Hall–Kier alpha value is -2.27. The number of hydrogen-bond acceptors (Lipinski definition) is 7.